The summed E-state index contributed by atoms with van der Waals surface area (Å²) in [5.74, 6) is 2.10. The van der Waals surface area contributed by atoms with Crippen LogP contribution in [0.25, 0.3) is 0 Å². The van der Waals surface area contributed by atoms with E-state index in [1.165, 1.54) is 25.3 Å². The number of benzene rings is 1. The predicted octanol–water partition coefficient (Wildman–Crippen LogP) is 3.20. The highest BCUT2D eigenvalue weighted by Crippen LogP contribution is 2.27. The van der Waals surface area contributed by atoms with Gasteiger partial charge in [-0.2, -0.15) is 0 Å². The summed E-state index contributed by atoms with van der Waals surface area (Å²) in [5.41, 5.74) is 0.440. The molecule has 1 aliphatic rings. The predicted molar refractivity (Wildman–Crippen MR) is 131 cm³/mol. The maximum absolute atomic E-state index is 12.6. The Hall–Kier alpha value is -3.01. The minimum atomic E-state index is -0.274. The second kappa shape index (κ2) is 12.5. The molecule has 1 aromatic heterocycles. The smallest absolute Gasteiger partial charge is 0.251 e. The van der Waals surface area contributed by atoms with E-state index >= 15 is 0 Å². The van der Waals surface area contributed by atoms with Crippen LogP contribution < -0.4 is 20.1 Å². The molecular weight excluding hydrogens is 454 g/mol. The summed E-state index contributed by atoms with van der Waals surface area (Å²) < 4.78 is 12.3. The Kier molecular flexibility index (Phi) is 9.38. The lowest BCUT2D eigenvalue weighted by Gasteiger charge is -2.29. The van der Waals surface area contributed by atoms with Crippen molar-refractivity contribution in [2.45, 2.75) is 56.9 Å². The van der Waals surface area contributed by atoms with Crippen molar-refractivity contribution in [3.8, 4) is 11.5 Å². The molecule has 3 rings (SSSR count). The Morgan fingerprint density at radius 1 is 1.21 bits per heavy atom. The summed E-state index contributed by atoms with van der Waals surface area (Å²) in [6, 6.07) is 5.21. The van der Waals surface area contributed by atoms with Crippen molar-refractivity contribution >= 4 is 23.6 Å². The summed E-state index contributed by atoms with van der Waals surface area (Å²) in [5, 5.41) is 15.1. The van der Waals surface area contributed by atoms with Crippen LogP contribution in [0.2, 0.25) is 0 Å². The van der Waals surface area contributed by atoms with Crippen LogP contribution in [0, 0.1) is 5.92 Å². The molecule has 9 nitrogen and oxygen atoms in total. The van der Waals surface area contributed by atoms with E-state index in [4.69, 9.17) is 9.47 Å². The number of hydrogen-bond donors (Lipinski definition) is 2. The highest BCUT2D eigenvalue weighted by molar-refractivity contribution is 7.99. The van der Waals surface area contributed by atoms with Gasteiger partial charge >= 0.3 is 0 Å². The first-order valence-corrected chi connectivity index (χ1v) is 12.4. The van der Waals surface area contributed by atoms with Crippen LogP contribution in [-0.2, 0) is 17.9 Å². The molecule has 0 aliphatic heterocycles. The van der Waals surface area contributed by atoms with Gasteiger partial charge in [-0.25, -0.2) is 0 Å². The van der Waals surface area contributed by atoms with Crippen molar-refractivity contribution in [1.29, 1.82) is 0 Å². The monoisotopic (exact) mass is 487 g/mol. The van der Waals surface area contributed by atoms with Gasteiger partial charge in [0.05, 0.1) is 26.5 Å². The molecule has 1 heterocycles. The minimum absolute atomic E-state index is 0.000193. The fraction of sp³-hybridized carbons (Fsp3) is 0.500. The number of amides is 2. The molecule has 0 spiro atoms. The molecule has 1 aliphatic carbocycles. The van der Waals surface area contributed by atoms with Gasteiger partial charge in [0.25, 0.3) is 5.91 Å². The van der Waals surface area contributed by atoms with Gasteiger partial charge in [-0.15, -0.1) is 16.8 Å². The van der Waals surface area contributed by atoms with E-state index < -0.39 is 0 Å². The number of nitrogens with zero attached hydrogens (tertiary/aromatic N) is 3. The third-order valence-corrected chi connectivity index (χ3v) is 6.91. The molecule has 2 aromatic rings. The van der Waals surface area contributed by atoms with Crippen molar-refractivity contribution in [2.24, 2.45) is 5.92 Å². The summed E-state index contributed by atoms with van der Waals surface area (Å²) in [7, 11) is 3.06. The van der Waals surface area contributed by atoms with Crippen LogP contribution in [-0.4, -0.2) is 52.6 Å². The van der Waals surface area contributed by atoms with E-state index in [1.54, 1.807) is 31.4 Å². The Morgan fingerprint density at radius 3 is 2.68 bits per heavy atom. The highest BCUT2D eigenvalue weighted by atomic mass is 32.2. The molecule has 2 N–H and O–H groups in total. The fourth-order valence-corrected chi connectivity index (χ4v) is 4.79. The fourth-order valence-electron chi connectivity index (χ4n) is 4.02. The standard InChI is InChI=1S/C24H33N5O4S/c1-5-12-29-21(14-25-23(31)17-10-11-19(32-3)20(13-17)33-4)27-28-24(29)34-15-22(30)26-18-9-7-6-8-16(18)2/h5,10-11,13,16,18H,1,6-9,12,14-15H2,2-4H3,(H,25,31)(H,26,30). The molecule has 0 saturated heterocycles. The van der Waals surface area contributed by atoms with Gasteiger partial charge in [0.2, 0.25) is 5.91 Å². The minimum Gasteiger partial charge on any atom is -0.493 e. The normalized spacial score (nSPS) is 17.6. The average molecular weight is 488 g/mol. The zero-order chi connectivity index (χ0) is 24.5. The quantitative estimate of drug-likeness (QED) is 0.370. The van der Waals surface area contributed by atoms with E-state index in [0.29, 0.717) is 40.5 Å². The zero-order valence-corrected chi connectivity index (χ0v) is 20.8. The summed E-state index contributed by atoms with van der Waals surface area (Å²) >= 11 is 1.33. The molecule has 1 aromatic carbocycles. The van der Waals surface area contributed by atoms with Gasteiger partial charge in [0.15, 0.2) is 22.5 Å². The molecule has 34 heavy (non-hydrogen) atoms. The second-order valence-corrected chi connectivity index (χ2v) is 9.22. The van der Waals surface area contributed by atoms with Crippen molar-refractivity contribution in [3.63, 3.8) is 0 Å². The third-order valence-electron chi connectivity index (χ3n) is 5.95. The summed E-state index contributed by atoms with van der Waals surface area (Å²) in [4.78, 5) is 25.1. The Bertz CT molecular complexity index is 1010. The van der Waals surface area contributed by atoms with Gasteiger partial charge in [0, 0.05) is 18.2 Å². The first-order chi connectivity index (χ1) is 16.5. The molecule has 0 bridgehead atoms. The lowest BCUT2D eigenvalue weighted by molar-refractivity contribution is -0.119. The molecule has 2 unspecified atom stereocenters. The Labute approximate surface area is 204 Å². The maximum Gasteiger partial charge on any atom is 0.251 e. The van der Waals surface area contributed by atoms with Crippen LogP contribution in [0.1, 0.15) is 48.8 Å². The topological polar surface area (TPSA) is 107 Å². The number of aromatic nitrogens is 3. The number of methoxy groups -OCH3 is 2. The Balaban J connectivity index is 1.59. The number of carbonyl (C=O) groups is 2. The molecule has 184 valence electrons. The number of nitrogens with one attached hydrogen (secondary N) is 2. The first-order valence-electron chi connectivity index (χ1n) is 11.4. The first kappa shape index (κ1) is 25.6. The SMILES string of the molecule is C=CCn1c(CNC(=O)c2ccc(OC)c(OC)c2)nnc1SCC(=O)NC1CCCCC1C. The van der Waals surface area contributed by atoms with Crippen molar-refractivity contribution in [1.82, 2.24) is 25.4 Å². The van der Waals surface area contributed by atoms with Crippen molar-refractivity contribution in [3.05, 3.63) is 42.2 Å². The van der Waals surface area contributed by atoms with Crippen LogP contribution in [0.15, 0.2) is 36.0 Å². The molecule has 2 atom stereocenters. The maximum atomic E-state index is 12.6. The lowest BCUT2D eigenvalue weighted by atomic mass is 9.86. The number of rotatable bonds is 11. The molecule has 0 radical (unpaired) electrons. The van der Waals surface area contributed by atoms with Gasteiger partial charge in [0.1, 0.15) is 0 Å². The molecule has 1 saturated carbocycles. The van der Waals surface area contributed by atoms with Crippen molar-refractivity contribution in [2.75, 3.05) is 20.0 Å². The van der Waals surface area contributed by atoms with Crippen LogP contribution in [0.5, 0.6) is 11.5 Å². The molecule has 2 amide bonds. The number of hydrogen-bond acceptors (Lipinski definition) is 7. The van der Waals surface area contributed by atoms with E-state index in [9.17, 15) is 9.59 Å². The van der Waals surface area contributed by atoms with Gasteiger partial charge in [-0.05, 0) is 37.0 Å². The summed E-state index contributed by atoms with van der Waals surface area (Å²) in [6.07, 6.45) is 6.32. The van der Waals surface area contributed by atoms with Gasteiger partial charge in [-0.1, -0.05) is 37.6 Å². The summed E-state index contributed by atoms with van der Waals surface area (Å²) in [6.45, 7) is 6.65. The van der Waals surface area contributed by atoms with E-state index in [-0.39, 0.29) is 30.2 Å². The van der Waals surface area contributed by atoms with E-state index in [2.05, 4.69) is 34.3 Å². The second-order valence-electron chi connectivity index (χ2n) is 8.27. The van der Waals surface area contributed by atoms with Crippen molar-refractivity contribution < 1.29 is 19.1 Å². The largest absolute Gasteiger partial charge is 0.493 e. The van der Waals surface area contributed by atoms with E-state index in [0.717, 1.165) is 19.3 Å². The van der Waals surface area contributed by atoms with Crippen LogP contribution in [0.3, 0.4) is 0 Å². The van der Waals surface area contributed by atoms with Gasteiger partial charge in [-0.3, -0.25) is 9.59 Å². The molecule has 1 fully saturated rings. The van der Waals surface area contributed by atoms with Gasteiger partial charge < -0.3 is 24.7 Å². The number of allylic oxidation sites excluding steroid dienone is 1. The zero-order valence-electron chi connectivity index (χ0n) is 20.0. The van der Waals surface area contributed by atoms with E-state index in [1.807, 2.05) is 4.57 Å². The number of carbonyl (C=O) groups excluding carboxylic acids is 2. The average Bonchev–Trinajstić information content (AvgIpc) is 3.23. The number of ether oxygens (including phenoxy) is 2. The van der Waals surface area contributed by atoms with Crippen LogP contribution >= 0.6 is 11.8 Å². The van der Waals surface area contributed by atoms with Crippen LogP contribution in [0.4, 0.5) is 0 Å². The Morgan fingerprint density at radius 2 is 1.97 bits per heavy atom. The lowest BCUT2D eigenvalue weighted by Crippen LogP contribution is -2.41. The molecule has 10 heteroatoms. The number of thioether (sulfide) groups is 1. The third kappa shape index (κ3) is 6.53. The molecular formula is C24H33N5O4S. The highest BCUT2D eigenvalue weighted by Gasteiger charge is 2.23.